The van der Waals surface area contributed by atoms with Crippen LogP contribution >= 0.6 is 0 Å². The lowest BCUT2D eigenvalue weighted by Crippen LogP contribution is -2.36. The highest BCUT2D eigenvalue weighted by Gasteiger charge is 2.39. The fourth-order valence-corrected chi connectivity index (χ4v) is 3.78. The maximum absolute atomic E-state index is 12.7. The van der Waals surface area contributed by atoms with E-state index in [4.69, 9.17) is 4.74 Å². The number of nitrogens with zero attached hydrogens (tertiary/aromatic N) is 2. The molecule has 1 aromatic heterocycles. The van der Waals surface area contributed by atoms with Crippen LogP contribution in [0.1, 0.15) is 61.9 Å². The Hall–Kier alpha value is -2.18. The Balaban J connectivity index is 1.37. The molecule has 1 saturated heterocycles. The maximum Gasteiger partial charge on any atom is 0.255 e. The molecule has 0 unspecified atom stereocenters. The van der Waals surface area contributed by atoms with Crippen molar-refractivity contribution in [2.24, 2.45) is 0 Å². The average molecular weight is 383 g/mol. The summed E-state index contributed by atoms with van der Waals surface area (Å²) in [6.07, 6.45) is 6.89. The molecule has 0 spiro atoms. The number of nitrogens with one attached hydrogen (secondary N) is 2. The Morgan fingerprint density at radius 3 is 2.75 bits per heavy atom. The van der Waals surface area contributed by atoms with Crippen LogP contribution in [-0.4, -0.2) is 41.0 Å². The third-order valence-corrected chi connectivity index (χ3v) is 5.57. The summed E-state index contributed by atoms with van der Waals surface area (Å²) in [5.74, 6) is 0.407. The summed E-state index contributed by atoms with van der Waals surface area (Å²) in [5, 5.41) is 11.1. The highest BCUT2D eigenvalue weighted by molar-refractivity contribution is 6.04. The Kier molecular flexibility index (Phi) is 5.25. The lowest BCUT2D eigenvalue weighted by molar-refractivity contribution is 0.0774. The zero-order valence-corrected chi connectivity index (χ0v) is 16.9. The number of benzene rings is 1. The van der Waals surface area contributed by atoms with Crippen molar-refractivity contribution >= 4 is 11.6 Å². The minimum atomic E-state index is -0.110. The van der Waals surface area contributed by atoms with E-state index in [0.717, 1.165) is 38.2 Å². The maximum atomic E-state index is 12.7. The van der Waals surface area contributed by atoms with Gasteiger partial charge in [-0.25, -0.2) is 0 Å². The van der Waals surface area contributed by atoms with E-state index in [2.05, 4.69) is 42.6 Å². The average Bonchev–Trinajstić information content (AvgIpc) is 3.26. The van der Waals surface area contributed by atoms with Gasteiger partial charge >= 0.3 is 0 Å². The second-order valence-corrected chi connectivity index (χ2v) is 8.93. The molecule has 2 heterocycles. The van der Waals surface area contributed by atoms with E-state index < -0.39 is 0 Å². The van der Waals surface area contributed by atoms with Crippen LogP contribution in [0.4, 0.5) is 5.69 Å². The van der Waals surface area contributed by atoms with Crippen LogP contribution in [-0.2, 0) is 10.3 Å². The van der Waals surface area contributed by atoms with Crippen molar-refractivity contribution < 1.29 is 9.53 Å². The van der Waals surface area contributed by atoms with Crippen LogP contribution in [0.25, 0.3) is 0 Å². The molecule has 1 amide bonds. The summed E-state index contributed by atoms with van der Waals surface area (Å²) in [6, 6.07) is 9.09. The topological polar surface area (TPSA) is 68.2 Å². The molecular formula is C22H30N4O2. The molecular weight excluding hydrogens is 352 g/mol. The molecule has 150 valence electrons. The van der Waals surface area contributed by atoms with Crippen molar-refractivity contribution in [3.8, 4) is 0 Å². The first-order valence-electron chi connectivity index (χ1n) is 10.2. The summed E-state index contributed by atoms with van der Waals surface area (Å²) in [7, 11) is 0. The van der Waals surface area contributed by atoms with Crippen molar-refractivity contribution in [3.63, 3.8) is 0 Å². The molecule has 1 aliphatic heterocycles. The number of hydrogen-bond acceptors (Lipinski definition) is 4. The third kappa shape index (κ3) is 4.45. The minimum Gasteiger partial charge on any atom is -0.381 e. The number of anilines is 1. The largest absolute Gasteiger partial charge is 0.381 e. The van der Waals surface area contributed by atoms with E-state index in [1.54, 1.807) is 6.20 Å². The molecule has 4 rings (SSSR count). The van der Waals surface area contributed by atoms with Crippen LogP contribution in [0, 0.1) is 0 Å². The lowest BCUT2D eigenvalue weighted by Gasteiger charge is -2.23. The number of aromatic nitrogens is 2. The molecule has 2 aliphatic rings. The van der Waals surface area contributed by atoms with Gasteiger partial charge in [-0.3, -0.25) is 9.48 Å². The SMILES string of the molecule is CC(C)(C)n1cc(NC(=O)c2cccc([C@@H]3C[C@H]3NC3CCOCC3)c2)cn1. The molecule has 2 atom stereocenters. The molecule has 1 aromatic carbocycles. The normalized spacial score (nSPS) is 22.8. The first kappa shape index (κ1) is 19.2. The number of rotatable bonds is 5. The minimum absolute atomic E-state index is 0.0927. The Morgan fingerprint density at radius 2 is 2.04 bits per heavy atom. The summed E-state index contributed by atoms with van der Waals surface area (Å²) in [6.45, 7) is 7.95. The summed E-state index contributed by atoms with van der Waals surface area (Å²) < 4.78 is 7.29. The second kappa shape index (κ2) is 7.68. The molecule has 2 N–H and O–H groups in total. The van der Waals surface area contributed by atoms with Gasteiger partial charge in [-0.05, 0) is 57.7 Å². The predicted molar refractivity (Wildman–Crippen MR) is 110 cm³/mol. The van der Waals surface area contributed by atoms with Gasteiger partial charge in [-0.15, -0.1) is 0 Å². The highest BCUT2D eigenvalue weighted by atomic mass is 16.5. The number of hydrogen-bond donors (Lipinski definition) is 2. The first-order chi connectivity index (χ1) is 13.4. The van der Waals surface area contributed by atoms with Gasteiger partial charge in [0.05, 0.1) is 17.4 Å². The third-order valence-electron chi connectivity index (χ3n) is 5.57. The fraction of sp³-hybridized carbons (Fsp3) is 0.545. The van der Waals surface area contributed by atoms with Gasteiger partial charge in [-0.2, -0.15) is 5.10 Å². The van der Waals surface area contributed by atoms with Crippen molar-refractivity contribution in [2.45, 2.75) is 63.6 Å². The van der Waals surface area contributed by atoms with Crippen LogP contribution in [0.3, 0.4) is 0 Å². The van der Waals surface area contributed by atoms with Crippen molar-refractivity contribution in [1.29, 1.82) is 0 Å². The number of carbonyl (C=O) groups excluding carboxylic acids is 1. The molecule has 28 heavy (non-hydrogen) atoms. The van der Waals surface area contributed by atoms with Gasteiger partial charge in [0.25, 0.3) is 5.91 Å². The zero-order chi connectivity index (χ0) is 19.7. The van der Waals surface area contributed by atoms with Crippen molar-refractivity contribution in [3.05, 3.63) is 47.8 Å². The monoisotopic (exact) mass is 382 g/mol. The number of ether oxygens (including phenoxy) is 1. The quantitative estimate of drug-likeness (QED) is 0.830. The van der Waals surface area contributed by atoms with Gasteiger partial charge in [0.1, 0.15) is 0 Å². The van der Waals surface area contributed by atoms with Gasteiger partial charge in [0.15, 0.2) is 0 Å². The van der Waals surface area contributed by atoms with Gasteiger partial charge in [0.2, 0.25) is 0 Å². The molecule has 2 fully saturated rings. The Labute approximate surface area is 166 Å². The summed E-state index contributed by atoms with van der Waals surface area (Å²) in [4.78, 5) is 12.7. The van der Waals surface area contributed by atoms with E-state index in [-0.39, 0.29) is 11.4 Å². The predicted octanol–water partition coefficient (Wildman–Crippen LogP) is 3.51. The highest BCUT2D eigenvalue weighted by Crippen LogP contribution is 2.41. The second-order valence-electron chi connectivity index (χ2n) is 8.93. The van der Waals surface area contributed by atoms with Gasteiger partial charge < -0.3 is 15.4 Å². The summed E-state index contributed by atoms with van der Waals surface area (Å²) >= 11 is 0. The van der Waals surface area contributed by atoms with Crippen LogP contribution < -0.4 is 10.6 Å². The standard InChI is InChI=1S/C22H30N4O2/c1-22(2,3)26-14-18(13-23-26)25-21(27)16-6-4-5-15(11-16)19-12-20(19)24-17-7-9-28-10-8-17/h4-6,11,13-14,17,19-20,24H,7-10,12H2,1-3H3,(H,25,27)/t19-,20+/m0/s1. The summed E-state index contributed by atoms with van der Waals surface area (Å²) in [5.41, 5.74) is 2.54. The Bertz CT molecular complexity index is 833. The number of amides is 1. The van der Waals surface area contributed by atoms with E-state index in [1.807, 2.05) is 29.1 Å². The smallest absolute Gasteiger partial charge is 0.255 e. The van der Waals surface area contributed by atoms with Crippen molar-refractivity contribution in [2.75, 3.05) is 18.5 Å². The molecule has 0 radical (unpaired) electrons. The lowest BCUT2D eigenvalue weighted by atomic mass is 10.1. The molecule has 6 heteroatoms. The zero-order valence-electron chi connectivity index (χ0n) is 16.9. The van der Waals surface area contributed by atoms with E-state index in [9.17, 15) is 4.79 Å². The van der Waals surface area contributed by atoms with E-state index >= 15 is 0 Å². The van der Waals surface area contributed by atoms with Crippen LogP contribution in [0.5, 0.6) is 0 Å². The molecule has 1 aliphatic carbocycles. The Morgan fingerprint density at radius 1 is 1.25 bits per heavy atom. The molecule has 1 saturated carbocycles. The van der Waals surface area contributed by atoms with Crippen LogP contribution in [0.15, 0.2) is 36.7 Å². The first-order valence-corrected chi connectivity index (χ1v) is 10.2. The van der Waals surface area contributed by atoms with Crippen LogP contribution in [0.2, 0.25) is 0 Å². The molecule has 2 aromatic rings. The van der Waals surface area contributed by atoms with Gasteiger partial charge in [0, 0.05) is 43.0 Å². The molecule has 6 nitrogen and oxygen atoms in total. The number of carbonyl (C=O) groups is 1. The van der Waals surface area contributed by atoms with E-state index in [0.29, 0.717) is 23.6 Å². The molecule has 0 bridgehead atoms. The van der Waals surface area contributed by atoms with Crippen molar-refractivity contribution in [1.82, 2.24) is 15.1 Å². The fourth-order valence-electron chi connectivity index (χ4n) is 3.78. The van der Waals surface area contributed by atoms with Gasteiger partial charge in [-0.1, -0.05) is 12.1 Å². The van der Waals surface area contributed by atoms with E-state index in [1.165, 1.54) is 5.56 Å².